The molecule has 0 aliphatic heterocycles. The molecule has 0 aromatic rings. The van der Waals surface area contributed by atoms with Crippen molar-refractivity contribution < 1.29 is 4.79 Å². The molecule has 3 heteroatoms. The molecule has 0 aromatic carbocycles. The Morgan fingerprint density at radius 2 is 2.33 bits per heavy atom. The van der Waals surface area contributed by atoms with E-state index in [4.69, 9.17) is 5.73 Å². The molecule has 0 aliphatic rings. The van der Waals surface area contributed by atoms with Gasteiger partial charge in [-0.2, -0.15) is 0 Å². The molecule has 0 radical (unpaired) electrons. The van der Waals surface area contributed by atoms with Gasteiger partial charge in [-0.3, -0.25) is 0 Å². The van der Waals surface area contributed by atoms with Gasteiger partial charge >= 0.3 is 6.03 Å². The van der Waals surface area contributed by atoms with E-state index in [2.05, 4.69) is 6.58 Å². The van der Waals surface area contributed by atoms with Crippen LogP contribution in [-0.4, -0.2) is 18.0 Å². The fourth-order valence-electron chi connectivity index (χ4n) is 0.263. The Morgan fingerprint density at radius 3 is 2.67 bits per heavy atom. The molecule has 0 heterocycles. The van der Waals surface area contributed by atoms with E-state index < -0.39 is 6.03 Å². The van der Waals surface area contributed by atoms with Crippen molar-refractivity contribution >= 4 is 6.03 Å². The van der Waals surface area contributed by atoms with Crippen LogP contribution in [0.4, 0.5) is 4.79 Å². The van der Waals surface area contributed by atoms with E-state index in [-0.39, 0.29) is 0 Å². The molecule has 0 bridgehead atoms. The molecule has 3 nitrogen and oxygen atoms in total. The van der Waals surface area contributed by atoms with Gasteiger partial charge in [0, 0.05) is 13.2 Å². The average molecular weight is 126 g/mol. The van der Waals surface area contributed by atoms with Gasteiger partial charge < -0.3 is 10.6 Å². The van der Waals surface area contributed by atoms with Gasteiger partial charge in [-0.05, 0) is 6.08 Å². The van der Waals surface area contributed by atoms with Crippen molar-refractivity contribution in [3.05, 3.63) is 24.9 Å². The van der Waals surface area contributed by atoms with E-state index in [0.29, 0.717) is 0 Å². The van der Waals surface area contributed by atoms with Gasteiger partial charge in [-0.1, -0.05) is 12.7 Å². The van der Waals surface area contributed by atoms with E-state index in [1.807, 2.05) is 0 Å². The summed E-state index contributed by atoms with van der Waals surface area (Å²) in [5.74, 6) is 0. The minimum absolute atomic E-state index is 0.479. The molecule has 0 aromatic heterocycles. The zero-order valence-electron chi connectivity index (χ0n) is 5.37. The third-order valence-electron chi connectivity index (χ3n) is 0.793. The Morgan fingerprint density at radius 1 is 1.78 bits per heavy atom. The number of nitrogens with two attached hydrogens (primary N) is 1. The number of allylic oxidation sites excluding steroid dienone is 2. The van der Waals surface area contributed by atoms with Crippen molar-refractivity contribution in [1.82, 2.24) is 4.90 Å². The lowest BCUT2D eigenvalue weighted by Gasteiger charge is -2.04. The Balaban J connectivity index is 3.75. The number of urea groups is 1. The minimum atomic E-state index is -0.479. The zero-order chi connectivity index (χ0) is 7.28. The molecule has 50 valence electrons. The maximum absolute atomic E-state index is 10.3. The zero-order valence-corrected chi connectivity index (χ0v) is 5.37. The number of hydrogen-bond donors (Lipinski definition) is 1. The molecule has 0 aliphatic carbocycles. The van der Waals surface area contributed by atoms with Gasteiger partial charge in [0.25, 0.3) is 0 Å². The van der Waals surface area contributed by atoms with Crippen LogP contribution in [0.1, 0.15) is 0 Å². The van der Waals surface area contributed by atoms with Crippen molar-refractivity contribution in [2.45, 2.75) is 0 Å². The molecule has 0 spiro atoms. The summed E-state index contributed by atoms with van der Waals surface area (Å²) >= 11 is 0. The van der Waals surface area contributed by atoms with Gasteiger partial charge in [0.1, 0.15) is 0 Å². The Bertz CT molecular complexity index is 140. The summed E-state index contributed by atoms with van der Waals surface area (Å²) < 4.78 is 0. The third kappa shape index (κ3) is 3.34. The number of rotatable bonds is 2. The molecule has 0 fully saturated rings. The molecule has 2 N–H and O–H groups in total. The standard InChI is InChI=1S/C6H10N2O/c1-3-4-5-8(2)6(7)9/h3-5H,1H2,2H3,(H2,7,9)/b5-4-. The van der Waals surface area contributed by atoms with Crippen molar-refractivity contribution in [2.24, 2.45) is 5.73 Å². The van der Waals surface area contributed by atoms with E-state index >= 15 is 0 Å². The van der Waals surface area contributed by atoms with Crippen molar-refractivity contribution in [1.29, 1.82) is 0 Å². The molecule has 9 heavy (non-hydrogen) atoms. The fraction of sp³-hybridized carbons (Fsp3) is 0.167. The smallest absolute Gasteiger partial charge is 0.318 e. The highest BCUT2D eigenvalue weighted by Gasteiger charge is 1.93. The Labute approximate surface area is 54.4 Å². The van der Waals surface area contributed by atoms with Crippen LogP contribution < -0.4 is 5.73 Å². The third-order valence-corrected chi connectivity index (χ3v) is 0.793. The predicted molar refractivity (Wildman–Crippen MR) is 36.7 cm³/mol. The molecule has 0 atom stereocenters. The summed E-state index contributed by atoms with van der Waals surface area (Å²) in [6, 6.07) is -0.479. The highest BCUT2D eigenvalue weighted by molar-refractivity contribution is 5.72. The topological polar surface area (TPSA) is 46.3 Å². The Hall–Kier alpha value is -1.25. The summed E-state index contributed by atoms with van der Waals surface area (Å²) in [7, 11) is 1.57. The van der Waals surface area contributed by atoms with Gasteiger partial charge in [0.2, 0.25) is 0 Å². The first-order chi connectivity index (χ1) is 4.18. The Kier molecular flexibility index (Phi) is 3.20. The number of carbonyl (C=O) groups excluding carboxylic acids is 1. The molecule has 2 amide bonds. The first-order valence-electron chi connectivity index (χ1n) is 2.50. The van der Waals surface area contributed by atoms with Crippen LogP contribution in [0.25, 0.3) is 0 Å². The van der Waals surface area contributed by atoms with Crippen molar-refractivity contribution in [3.8, 4) is 0 Å². The van der Waals surface area contributed by atoms with Gasteiger partial charge in [-0.15, -0.1) is 0 Å². The highest BCUT2D eigenvalue weighted by atomic mass is 16.2. The quantitative estimate of drug-likeness (QED) is 0.544. The van der Waals surface area contributed by atoms with Crippen LogP contribution in [0.5, 0.6) is 0 Å². The number of carbonyl (C=O) groups is 1. The van der Waals surface area contributed by atoms with Crippen LogP contribution >= 0.6 is 0 Å². The summed E-state index contributed by atoms with van der Waals surface area (Å²) in [5, 5.41) is 0. The van der Waals surface area contributed by atoms with Crippen molar-refractivity contribution in [2.75, 3.05) is 7.05 Å². The molecule has 0 saturated heterocycles. The number of nitrogens with zero attached hydrogens (tertiary/aromatic N) is 1. The monoisotopic (exact) mass is 126 g/mol. The highest BCUT2D eigenvalue weighted by Crippen LogP contribution is 1.82. The first kappa shape index (κ1) is 7.75. The number of hydrogen-bond acceptors (Lipinski definition) is 1. The minimum Gasteiger partial charge on any atom is -0.351 e. The van der Waals surface area contributed by atoms with E-state index in [9.17, 15) is 4.79 Å². The van der Waals surface area contributed by atoms with Crippen LogP contribution in [-0.2, 0) is 0 Å². The largest absolute Gasteiger partial charge is 0.351 e. The average Bonchev–Trinajstić information content (AvgIpc) is 1.82. The first-order valence-corrected chi connectivity index (χ1v) is 2.50. The van der Waals surface area contributed by atoms with E-state index in [0.717, 1.165) is 0 Å². The maximum atomic E-state index is 10.3. The second kappa shape index (κ2) is 3.72. The molecule has 0 unspecified atom stereocenters. The maximum Gasteiger partial charge on any atom is 0.318 e. The van der Waals surface area contributed by atoms with Gasteiger partial charge in [0.05, 0.1) is 0 Å². The van der Waals surface area contributed by atoms with Gasteiger partial charge in [0.15, 0.2) is 0 Å². The summed E-state index contributed by atoms with van der Waals surface area (Å²) in [6.45, 7) is 3.43. The summed E-state index contributed by atoms with van der Waals surface area (Å²) in [5.41, 5.74) is 4.88. The lowest BCUT2D eigenvalue weighted by molar-refractivity contribution is 0.231. The van der Waals surface area contributed by atoms with Crippen molar-refractivity contribution in [3.63, 3.8) is 0 Å². The van der Waals surface area contributed by atoms with Crippen LogP contribution in [0.3, 0.4) is 0 Å². The second-order valence-electron chi connectivity index (χ2n) is 1.53. The SMILES string of the molecule is C=C/C=C\N(C)C(N)=O. The number of primary amides is 1. The molecular weight excluding hydrogens is 116 g/mol. The van der Waals surface area contributed by atoms with Gasteiger partial charge in [-0.25, -0.2) is 4.79 Å². The second-order valence-corrected chi connectivity index (χ2v) is 1.53. The van der Waals surface area contributed by atoms with Crippen LogP contribution in [0.2, 0.25) is 0 Å². The predicted octanol–water partition coefficient (Wildman–Crippen LogP) is 0.697. The van der Waals surface area contributed by atoms with Crippen LogP contribution in [0, 0.1) is 0 Å². The number of amides is 2. The fourth-order valence-corrected chi connectivity index (χ4v) is 0.263. The molecular formula is C6H10N2O. The summed E-state index contributed by atoms with van der Waals surface area (Å²) in [4.78, 5) is 11.5. The lowest BCUT2D eigenvalue weighted by atomic mass is 10.6. The van der Waals surface area contributed by atoms with E-state index in [1.165, 1.54) is 11.1 Å². The molecule has 0 saturated carbocycles. The summed E-state index contributed by atoms with van der Waals surface area (Å²) in [6.07, 6.45) is 4.74. The van der Waals surface area contributed by atoms with E-state index in [1.54, 1.807) is 19.2 Å². The normalized spacial score (nSPS) is 9.44. The molecule has 0 rings (SSSR count). The lowest BCUT2D eigenvalue weighted by Crippen LogP contribution is -2.26. The van der Waals surface area contributed by atoms with Crippen LogP contribution in [0.15, 0.2) is 24.9 Å².